The quantitative estimate of drug-likeness (QED) is 0.814. The lowest BCUT2D eigenvalue weighted by Crippen LogP contribution is -2.55. The Morgan fingerprint density at radius 1 is 1.07 bits per heavy atom. The molecule has 1 heterocycles. The second-order valence-electron chi connectivity index (χ2n) is 7.32. The summed E-state index contributed by atoms with van der Waals surface area (Å²) in [7, 11) is 0. The van der Waals surface area contributed by atoms with Gasteiger partial charge in [-0.05, 0) is 37.5 Å². The van der Waals surface area contributed by atoms with E-state index in [2.05, 4.69) is 5.32 Å². The lowest BCUT2D eigenvalue weighted by Gasteiger charge is -2.34. The Hall–Kier alpha value is -2.58. The van der Waals surface area contributed by atoms with Crippen LogP contribution in [0.25, 0.3) is 0 Å². The molecule has 0 aromatic heterocycles. The van der Waals surface area contributed by atoms with E-state index in [1.54, 1.807) is 0 Å². The Balaban J connectivity index is 1.96. The summed E-state index contributed by atoms with van der Waals surface area (Å²) < 4.78 is 40.0. The van der Waals surface area contributed by atoms with Gasteiger partial charge in [-0.3, -0.25) is 9.59 Å². The second-order valence-corrected chi connectivity index (χ2v) is 7.32. The van der Waals surface area contributed by atoms with Gasteiger partial charge in [0.15, 0.2) is 0 Å². The highest BCUT2D eigenvalue weighted by Gasteiger charge is 2.41. The summed E-state index contributed by atoms with van der Waals surface area (Å²) in [4.78, 5) is 37.6. The van der Waals surface area contributed by atoms with Gasteiger partial charge in [0.25, 0.3) is 5.91 Å². The summed E-state index contributed by atoms with van der Waals surface area (Å²) in [5.41, 5.74) is -2.85. The summed E-state index contributed by atoms with van der Waals surface area (Å²) in [5.74, 6) is -2.38. The number of carboxylic acids is 1. The third kappa shape index (κ3) is 3.98. The fraction of sp³-hybridized carbons (Fsp3) is 0.526. The Morgan fingerprint density at radius 2 is 1.75 bits per heavy atom. The standard InChI is InChI=1S/C19H21F3N2O4/c20-19(21,22)13-9-12(10-14(11-13)24-8-4-5-15(24)25)16(26)23-18(17(27)28)6-2-1-3-7-18/h9-11H,1-8H2,(H,23,26)(H,27,28). The van der Waals surface area contributed by atoms with E-state index in [1.807, 2.05) is 0 Å². The van der Waals surface area contributed by atoms with Crippen LogP contribution in [0.5, 0.6) is 0 Å². The maximum absolute atomic E-state index is 13.3. The minimum absolute atomic E-state index is 0.00417. The summed E-state index contributed by atoms with van der Waals surface area (Å²) >= 11 is 0. The molecule has 1 aromatic rings. The van der Waals surface area contributed by atoms with Gasteiger partial charge in [0.1, 0.15) is 5.54 Å². The maximum atomic E-state index is 13.3. The van der Waals surface area contributed by atoms with Gasteiger partial charge in [-0.15, -0.1) is 0 Å². The molecule has 9 heteroatoms. The van der Waals surface area contributed by atoms with Gasteiger partial charge < -0.3 is 15.3 Å². The lowest BCUT2D eigenvalue weighted by molar-refractivity contribution is -0.146. The molecule has 0 spiro atoms. The van der Waals surface area contributed by atoms with Crippen molar-refractivity contribution in [2.45, 2.75) is 56.7 Å². The highest BCUT2D eigenvalue weighted by atomic mass is 19.4. The van der Waals surface area contributed by atoms with E-state index in [1.165, 1.54) is 11.0 Å². The first-order chi connectivity index (χ1) is 13.1. The lowest BCUT2D eigenvalue weighted by atomic mass is 9.81. The van der Waals surface area contributed by atoms with E-state index in [4.69, 9.17) is 0 Å². The van der Waals surface area contributed by atoms with Crippen molar-refractivity contribution in [2.24, 2.45) is 0 Å². The molecule has 0 atom stereocenters. The van der Waals surface area contributed by atoms with Crippen LogP contribution >= 0.6 is 0 Å². The molecule has 2 amide bonds. The fourth-order valence-corrected chi connectivity index (χ4v) is 3.82. The molecule has 2 aliphatic rings. The van der Waals surface area contributed by atoms with Crippen molar-refractivity contribution in [3.05, 3.63) is 29.3 Å². The van der Waals surface area contributed by atoms with Crippen molar-refractivity contribution in [1.29, 1.82) is 0 Å². The Kier molecular flexibility index (Phi) is 5.36. The van der Waals surface area contributed by atoms with Crippen molar-refractivity contribution in [3.8, 4) is 0 Å². The smallest absolute Gasteiger partial charge is 0.416 e. The molecule has 1 saturated carbocycles. The SMILES string of the molecule is O=C(NC1(C(=O)O)CCCCC1)c1cc(N2CCCC2=O)cc(C(F)(F)F)c1. The molecule has 1 aliphatic carbocycles. The van der Waals surface area contributed by atoms with Crippen molar-refractivity contribution in [2.75, 3.05) is 11.4 Å². The number of aliphatic carboxylic acids is 1. The number of carbonyl (C=O) groups is 3. The average Bonchev–Trinajstić information content (AvgIpc) is 3.07. The van der Waals surface area contributed by atoms with Crippen LogP contribution in [0.2, 0.25) is 0 Å². The van der Waals surface area contributed by atoms with Gasteiger partial charge in [-0.2, -0.15) is 13.2 Å². The largest absolute Gasteiger partial charge is 0.480 e. The van der Waals surface area contributed by atoms with E-state index in [0.717, 1.165) is 12.5 Å². The van der Waals surface area contributed by atoms with Gasteiger partial charge in [0, 0.05) is 24.2 Å². The van der Waals surface area contributed by atoms with Crippen molar-refractivity contribution < 1.29 is 32.7 Å². The topological polar surface area (TPSA) is 86.7 Å². The zero-order valence-electron chi connectivity index (χ0n) is 15.1. The molecule has 28 heavy (non-hydrogen) atoms. The molecule has 0 radical (unpaired) electrons. The zero-order chi connectivity index (χ0) is 20.5. The number of anilines is 1. The van der Waals surface area contributed by atoms with Crippen molar-refractivity contribution in [3.63, 3.8) is 0 Å². The first kappa shape index (κ1) is 20.2. The van der Waals surface area contributed by atoms with E-state index in [0.29, 0.717) is 25.3 Å². The predicted molar refractivity (Wildman–Crippen MR) is 93.9 cm³/mol. The Labute approximate surface area is 159 Å². The van der Waals surface area contributed by atoms with E-state index >= 15 is 0 Å². The number of carboxylic acid groups (broad SMARTS) is 1. The molecule has 6 nitrogen and oxygen atoms in total. The number of hydrogen-bond acceptors (Lipinski definition) is 3. The van der Waals surface area contributed by atoms with Crippen LogP contribution in [0.3, 0.4) is 0 Å². The highest BCUT2D eigenvalue weighted by Crippen LogP contribution is 2.35. The molecule has 0 bridgehead atoms. The van der Waals surface area contributed by atoms with E-state index in [-0.39, 0.29) is 43.0 Å². The molecule has 1 aromatic carbocycles. The van der Waals surface area contributed by atoms with Gasteiger partial charge >= 0.3 is 12.1 Å². The minimum atomic E-state index is -4.71. The fourth-order valence-electron chi connectivity index (χ4n) is 3.82. The number of hydrogen-bond donors (Lipinski definition) is 2. The van der Waals surface area contributed by atoms with Gasteiger partial charge in [-0.25, -0.2) is 4.79 Å². The molecular formula is C19H21F3N2O4. The molecular weight excluding hydrogens is 377 g/mol. The van der Waals surface area contributed by atoms with Crippen LogP contribution in [0, 0.1) is 0 Å². The molecule has 152 valence electrons. The van der Waals surface area contributed by atoms with Gasteiger partial charge in [-0.1, -0.05) is 19.3 Å². The molecule has 0 unspecified atom stereocenters. The van der Waals surface area contributed by atoms with Crippen molar-refractivity contribution in [1.82, 2.24) is 5.32 Å². The average molecular weight is 398 g/mol. The summed E-state index contributed by atoms with van der Waals surface area (Å²) in [6.45, 7) is 0.278. The number of carbonyl (C=O) groups excluding carboxylic acids is 2. The number of nitrogens with zero attached hydrogens (tertiary/aromatic N) is 1. The number of halogens is 3. The van der Waals surface area contributed by atoms with E-state index in [9.17, 15) is 32.7 Å². The van der Waals surface area contributed by atoms with Crippen LogP contribution in [0.1, 0.15) is 60.9 Å². The predicted octanol–water partition coefficient (Wildman–Crippen LogP) is 3.35. The number of amides is 2. The molecule has 3 rings (SSSR count). The minimum Gasteiger partial charge on any atom is -0.480 e. The number of nitrogens with one attached hydrogen (secondary N) is 1. The zero-order valence-corrected chi connectivity index (χ0v) is 15.1. The number of alkyl halides is 3. The number of rotatable bonds is 4. The van der Waals surface area contributed by atoms with Crippen LogP contribution in [0.4, 0.5) is 18.9 Å². The van der Waals surface area contributed by atoms with Crippen LogP contribution < -0.4 is 10.2 Å². The maximum Gasteiger partial charge on any atom is 0.416 e. The molecule has 1 aliphatic heterocycles. The van der Waals surface area contributed by atoms with Crippen LogP contribution in [-0.2, 0) is 15.8 Å². The molecule has 2 N–H and O–H groups in total. The first-order valence-electron chi connectivity index (χ1n) is 9.21. The Morgan fingerprint density at radius 3 is 2.29 bits per heavy atom. The second kappa shape index (κ2) is 7.44. The summed E-state index contributed by atoms with van der Waals surface area (Å²) in [6.07, 6.45) is -1.42. The summed E-state index contributed by atoms with van der Waals surface area (Å²) in [6, 6.07) is 2.75. The Bertz CT molecular complexity index is 801. The van der Waals surface area contributed by atoms with E-state index < -0.39 is 29.2 Å². The number of benzene rings is 1. The van der Waals surface area contributed by atoms with Gasteiger partial charge in [0.2, 0.25) is 5.91 Å². The molecule has 2 fully saturated rings. The van der Waals surface area contributed by atoms with Gasteiger partial charge in [0.05, 0.1) is 5.56 Å². The van der Waals surface area contributed by atoms with Crippen LogP contribution in [-0.4, -0.2) is 35.0 Å². The first-order valence-corrected chi connectivity index (χ1v) is 9.21. The van der Waals surface area contributed by atoms with Crippen LogP contribution in [0.15, 0.2) is 18.2 Å². The summed E-state index contributed by atoms with van der Waals surface area (Å²) in [5, 5.41) is 12.0. The monoisotopic (exact) mass is 398 g/mol. The normalized spacial score (nSPS) is 19.5. The molecule has 1 saturated heterocycles. The third-order valence-corrected chi connectivity index (χ3v) is 5.36. The highest BCUT2D eigenvalue weighted by molar-refractivity contribution is 6.01. The third-order valence-electron chi connectivity index (χ3n) is 5.36. The van der Waals surface area contributed by atoms with Crippen molar-refractivity contribution >= 4 is 23.5 Å².